The first-order valence-electron chi connectivity index (χ1n) is 10.5. The molecule has 1 fully saturated rings. The lowest BCUT2D eigenvalue weighted by atomic mass is 9.98. The van der Waals surface area contributed by atoms with E-state index in [9.17, 15) is 4.79 Å². The van der Waals surface area contributed by atoms with Crippen LogP contribution >= 0.6 is 11.6 Å². The van der Waals surface area contributed by atoms with E-state index in [-0.39, 0.29) is 11.9 Å². The van der Waals surface area contributed by atoms with Gasteiger partial charge in [0.15, 0.2) is 0 Å². The van der Waals surface area contributed by atoms with Gasteiger partial charge in [-0.3, -0.25) is 14.8 Å². The maximum Gasteiger partial charge on any atom is 0.251 e. The Morgan fingerprint density at radius 2 is 2.00 bits per heavy atom. The first kappa shape index (κ1) is 21.3. The molecule has 3 heterocycles. The zero-order valence-corrected chi connectivity index (χ0v) is 18.2. The number of carbonyl (C=O) groups excluding carboxylic acids is 1. The molecule has 160 valence electrons. The highest BCUT2D eigenvalue weighted by Gasteiger charge is 2.18. The van der Waals surface area contributed by atoms with Gasteiger partial charge in [0, 0.05) is 41.7 Å². The quantitative estimate of drug-likeness (QED) is 0.589. The van der Waals surface area contributed by atoms with E-state index in [1.165, 1.54) is 0 Å². The van der Waals surface area contributed by atoms with Gasteiger partial charge in [0.05, 0.1) is 16.9 Å². The molecule has 0 unspecified atom stereocenters. The SMILES string of the molecule is CCc1cc(-c2cc(Oc3cncc(Cl)c3)ccn2)ccc1C(=O)NC1CCNCC1. The predicted octanol–water partition coefficient (Wildman–Crippen LogP) is 4.63. The summed E-state index contributed by atoms with van der Waals surface area (Å²) in [6.45, 7) is 3.94. The largest absolute Gasteiger partial charge is 0.456 e. The lowest BCUT2D eigenvalue weighted by Crippen LogP contribution is -2.42. The Bertz CT molecular complexity index is 1070. The highest BCUT2D eigenvalue weighted by molar-refractivity contribution is 6.30. The van der Waals surface area contributed by atoms with Gasteiger partial charge in [0.1, 0.15) is 11.5 Å². The van der Waals surface area contributed by atoms with E-state index in [2.05, 4.69) is 27.5 Å². The summed E-state index contributed by atoms with van der Waals surface area (Å²) in [6, 6.07) is 11.4. The number of pyridine rings is 2. The van der Waals surface area contributed by atoms with Gasteiger partial charge in [-0.15, -0.1) is 0 Å². The van der Waals surface area contributed by atoms with E-state index < -0.39 is 0 Å². The van der Waals surface area contributed by atoms with Crippen molar-refractivity contribution in [3.05, 3.63) is 71.1 Å². The average molecular weight is 437 g/mol. The van der Waals surface area contributed by atoms with E-state index in [0.717, 1.165) is 54.7 Å². The number of aromatic nitrogens is 2. The van der Waals surface area contributed by atoms with E-state index >= 15 is 0 Å². The minimum Gasteiger partial charge on any atom is -0.456 e. The molecule has 6 nitrogen and oxygen atoms in total. The van der Waals surface area contributed by atoms with E-state index in [0.29, 0.717) is 16.5 Å². The first-order chi connectivity index (χ1) is 15.1. The summed E-state index contributed by atoms with van der Waals surface area (Å²) in [6.07, 6.45) is 7.55. The normalized spacial score (nSPS) is 14.3. The average Bonchev–Trinajstić information content (AvgIpc) is 2.79. The van der Waals surface area contributed by atoms with Crippen molar-refractivity contribution in [2.75, 3.05) is 13.1 Å². The molecule has 2 aromatic heterocycles. The summed E-state index contributed by atoms with van der Waals surface area (Å²) in [4.78, 5) is 21.4. The summed E-state index contributed by atoms with van der Waals surface area (Å²) in [5, 5.41) is 7.01. The maximum atomic E-state index is 12.8. The van der Waals surface area contributed by atoms with Gasteiger partial charge in [-0.1, -0.05) is 24.6 Å². The number of piperidine rings is 1. The van der Waals surface area contributed by atoms with Crippen molar-refractivity contribution in [2.45, 2.75) is 32.2 Å². The van der Waals surface area contributed by atoms with Crippen molar-refractivity contribution >= 4 is 17.5 Å². The number of ether oxygens (including phenoxy) is 1. The van der Waals surface area contributed by atoms with Crippen molar-refractivity contribution in [3.8, 4) is 22.8 Å². The zero-order chi connectivity index (χ0) is 21.6. The maximum absolute atomic E-state index is 12.8. The van der Waals surface area contributed by atoms with Crippen LogP contribution in [0.15, 0.2) is 55.0 Å². The number of nitrogens with zero attached hydrogens (tertiary/aromatic N) is 2. The van der Waals surface area contributed by atoms with Crippen molar-refractivity contribution in [3.63, 3.8) is 0 Å². The topological polar surface area (TPSA) is 76.1 Å². The number of aryl methyl sites for hydroxylation is 1. The molecule has 3 aromatic rings. The van der Waals surface area contributed by atoms with E-state index in [1.807, 2.05) is 24.3 Å². The Morgan fingerprint density at radius 3 is 2.77 bits per heavy atom. The lowest BCUT2D eigenvalue weighted by Gasteiger charge is -2.24. The standard InChI is InChI=1S/C24H25ClN4O2/c1-2-16-11-17(3-4-22(16)24(30)29-19-5-8-26-9-6-19)23-13-20(7-10-28-23)31-21-12-18(25)14-27-15-21/h3-4,7,10-15,19,26H,2,5-6,8-9H2,1H3,(H,29,30). The number of nitrogens with one attached hydrogen (secondary N) is 2. The van der Waals surface area contributed by atoms with Gasteiger partial charge in [-0.05, 0) is 56.1 Å². The van der Waals surface area contributed by atoms with Crippen LogP contribution in [0.3, 0.4) is 0 Å². The van der Waals surface area contributed by atoms with Crippen molar-refractivity contribution in [1.29, 1.82) is 0 Å². The van der Waals surface area contributed by atoms with E-state index in [4.69, 9.17) is 16.3 Å². The number of hydrogen-bond acceptors (Lipinski definition) is 5. The third-order valence-corrected chi connectivity index (χ3v) is 5.55. The second kappa shape index (κ2) is 9.90. The summed E-state index contributed by atoms with van der Waals surface area (Å²) in [5.74, 6) is 1.19. The van der Waals surface area contributed by atoms with Crippen molar-refractivity contribution in [2.24, 2.45) is 0 Å². The Kier molecular flexibility index (Phi) is 6.79. The third kappa shape index (κ3) is 5.40. The number of halogens is 1. The summed E-state index contributed by atoms with van der Waals surface area (Å²) in [5.41, 5.74) is 3.43. The molecule has 1 amide bonds. The molecule has 0 bridgehead atoms. The van der Waals surface area contributed by atoms with Gasteiger partial charge in [-0.2, -0.15) is 0 Å². The fraction of sp³-hybridized carbons (Fsp3) is 0.292. The zero-order valence-electron chi connectivity index (χ0n) is 17.4. The molecule has 0 radical (unpaired) electrons. The molecule has 4 rings (SSSR count). The molecule has 0 aliphatic carbocycles. The van der Waals surface area contributed by atoms with Crippen LogP contribution in [0.1, 0.15) is 35.7 Å². The highest BCUT2D eigenvalue weighted by atomic mass is 35.5. The van der Waals surface area contributed by atoms with Crippen LogP contribution in [0.4, 0.5) is 0 Å². The van der Waals surface area contributed by atoms with Crippen LogP contribution in [0.25, 0.3) is 11.3 Å². The Labute approximate surface area is 187 Å². The smallest absolute Gasteiger partial charge is 0.251 e. The summed E-state index contributed by atoms with van der Waals surface area (Å²) < 4.78 is 5.87. The molecule has 1 aliphatic heterocycles. The summed E-state index contributed by atoms with van der Waals surface area (Å²) >= 11 is 5.98. The summed E-state index contributed by atoms with van der Waals surface area (Å²) in [7, 11) is 0. The molecule has 0 saturated carbocycles. The number of amides is 1. The number of hydrogen-bond donors (Lipinski definition) is 2. The minimum absolute atomic E-state index is 0.00574. The van der Waals surface area contributed by atoms with Crippen LogP contribution in [-0.2, 0) is 6.42 Å². The number of rotatable bonds is 6. The molecule has 0 spiro atoms. The van der Waals surface area contributed by atoms with Gasteiger partial charge >= 0.3 is 0 Å². The van der Waals surface area contributed by atoms with Gasteiger partial charge < -0.3 is 15.4 Å². The van der Waals surface area contributed by atoms with Crippen molar-refractivity contribution < 1.29 is 9.53 Å². The van der Waals surface area contributed by atoms with Gasteiger partial charge in [-0.25, -0.2) is 0 Å². The first-order valence-corrected chi connectivity index (χ1v) is 10.9. The fourth-order valence-corrected chi connectivity index (χ4v) is 3.88. The second-order valence-corrected chi connectivity index (χ2v) is 7.98. The van der Waals surface area contributed by atoms with Gasteiger partial charge in [0.2, 0.25) is 0 Å². The molecule has 31 heavy (non-hydrogen) atoms. The predicted molar refractivity (Wildman–Crippen MR) is 122 cm³/mol. The lowest BCUT2D eigenvalue weighted by molar-refractivity contribution is 0.0928. The fourth-order valence-electron chi connectivity index (χ4n) is 3.71. The molecular formula is C24H25ClN4O2. The van der Waals surface area contributed by atoms with Gasteiger partial charge in [0.25, 0.3) is 5.91 Å². The molecule has 0 atom stereocenters. The van der Waals surface area contributed by atoms with Crippen LogP contribution in [0.2, 0.25) is 5.02 Å². The second-order valence-electron chi connectivity index (χ2n) is 7.54. The monoisotopic (exact) mass is 436 g/mol. The van der Waals surface area contributed by atoms with Crippen LogP contribution in [0.5, 0.6) is 11.5 Å². The minimum atomic E-state index is -0.00574. The third-order valence-electron chi connectivity index (χ3n) is 5.35. The van der Waals surface area contributed by atoms with E-state index in [1.54, 1.807) is 30.7 Å². The Hall–Kier alpha value is -2.96. The Morgan fingerprint density at radius 1 is 1.16 bits per heavy atom. The van der Waals surface area contributed by atoms with Crippen LogP contribution in [-0.4, -0.2) is 35.0 Å². The molecule has 2 N–H and O–H groups in total. The molecule has 1 aromatic carbocycles. The highest BCUT2D eigenvalue weighted by Crippen LogP contribution is 2.28. The number of benzene rings is 1. The van der Waals surface area contributed by atoms with Crippen LogP contribution < -0.4 is 15.4 Å². The van der Waals surface area contributed by atoms with Crippen molar-refractivity contribution in [1.82, 2.24) is 20.6 Å². The number of carbonyl (C=O) groups is 1. The molecular weight excluding hydrogens is 412 g/mol. The van der Waals surface area contributed by atoms with Crippen LogP contribution in [0, 0.1) is 0 Å². The molecule has 1 saturated heterocycles. The Balaban J connectivity index is 1.53. The molecule has 1 aliphatic rings. The molecule has 7 heteroatoms.